The van der Waals surface area contributed by atoms with E-state index in [2.05, 4.69) is 32.9 Å². The number of methoxy groups -OCH3 is 1. The molecular weight excluding hydrogens is 212 g/mol. The summed E-state index contributed by atoms with van der Waals surface area (Å²) in [5.74, 6) is 0.864. The maximum absolute atomic E-state index is 9.49. The van der Waals surface area contributed by atoms with Crippen LogP contribution in [0.25, 0.3) is 0 Å². The largest absolute Gasteiger partial charge is 0.496 e. The zero-order chi connectivity index (χ0) is 13.1. The van der Waals surface area contributed by atoms with Gasteiger partial charge in [0.05, 0.1) is 13.2 Å². The van der Waals surface area contributed by atoms with E-state index in [4.69, 9.17) is 4.74 Å². The van der Waals surface area contributed by atoms with Gasteiger partial charge in [0, 0.05) is 6.42 Å². The molecule has 0 spiro atoms. The zero-order valence-corrected chi connectivity index (χ0v) is 11.6. The molecule has 1 rings (SSSR count). The summed E-state index contributed by atoms with van der Waals surface area (Å²) in [5.41, 5.74) is 2.66. The van der Waals surface area contributed by atoms with E-state index in [1.165, 1.54) is 5.56 Å². The molecule has 2 nitrogen and oxygen atoms in total. The predicted octanol–water partition coefficient (Wildman–Crippen LogP) is 3.21. The van der Waals surface area contributed by atoms with Crippen molar-refractivity contribution in [3.63, 3.8) is 0 Å². The topological polar surface area (TPSA) is 29.5 Å². The Balaban J connectivity index is 2.96. The predicted molar refractivity (Wildman–Crippen MR) is 71.5 cm³/mol. The summed E-state index contributed by atoms with van der Waals surface area (Å²) >= 11 is 0. The lowest BCUT2D eigenvalue weighted by molar-refractivity contribution is 0.194. The highest BCUT2D eigenvalue weighted by Crippen LogP contribution is 2.26. The van der Waals surface area contributed by atoms with E-state index >= 15 is 0 Å². The van der Waals surface area contributed by atoms with Crippen LogP contribution in [-0.2, 0) is 12.8 Å². The normalized spacial score (nSPS) is 13.5. The molecule has 0 amide bonds. The molecule has 1 aromatic rings. The average molecular weight is 236 g/mol. The number of aliphatic hydroxyl groups is 1. The minimum absolute atomic E-state index is 0.274. The van der Waals surface area contributed by atoms with Crippen LogP contribution in [0.4, 0.5) is 0 Å². The van der Waals surface area contributed by atoms with Gasteiger partial charge in [0.15, 0.2) is 0 Å². The van der Waals surface area contributed by atoms with E-state index in [0.717, 1.165) is 17.7 Å². The molecule has 1 N–H and O–H groups in total. The average Bonchev–Trinajstić information content (AvgIpc) is 2.14. The zero-order valence-electron chi connectivity index (χ0n) is 11.6. The molecule has 0 saturated heterocycles. The molecule has 0 aliphatic heterocycles. The summed E-state index contributed by atoms with van der Waals surface area (Å²) in [6.45, 7) is 8.48. The fraction of sp³-hybridized carbons (Fsp3) is 0.600. The van der Waals surface area contributed by atoms with Gasteiger partial charge in [-0.3, -0.25) is 0 Å². The highest BCUT2D eigenvalue weighted by Gasteiger charge is 2.13. The number of hydrogen-bond donors (Lipinski definition) is 1. The second kappa shape index (κ2) is 5.54. The minimum atomic E-state index is -0.339. The second-order valence-corrected chi connectivity index (χ2v) is 5.94. The van der Waals surface area contributed by atoms with Crippen molar-refractivity contribution < 1.29 is 9.84 Å². The van der Waals surface area contributed by atoms with Gasteiger partial charge in [0.2, 0.25) is 0 Å². The van der Waals surface area contributed by atoms with Crippen LogP contribution in [0.3, 0.4) is 0 Å². The molecule has 0 bridgehead atoms. The van der Waals surface area contributed by atoms with Gasteiger partial charge in [0.25, 0.3) is 0 Å². The molecule has 17 heavy (non-hydrogen) atoms. The van der Waals surface area contributed by atoms with Crippen LogP contribution in [0, 0.1) is 5.41 Å². The van der Waals surface area contributed by atoms with Crippen LogP contribution < -0.4 is 4.74 Å². The third-order valence-electron chi connectivity index (χ3n) is 2.59. The van der Waals surface area contributed by atoms with E-state index in [1.54, 1.807) is 14.0 Å². The maximum atomic E-state index is 9.49. The van der Waals surface area contributed by atoms with Crippen molar-refractivity contribution in [3.05, 3.63) is 29.3 Å². The quantitative estimate of drug-likeness (QED) is 0.870. The van der Waals surface area contributed by atoms with E-state index in [-0.39, 0.29) is 11.5 Å². The smallest absolute Gasteiger partial charge is 0.122 e. The first kappa shape index (κ1) is 14.0. The summed E-state index contributed by atoms with van der Waals surface area (Å²) in [6, 6.07) is 6.26. The Morgan fingerprint density at radius 2 is 1.94 bits per heavy atom. The van der Waals surface area contributed by atoms with Crippen molar-refractivity contribution in [1.29, 1.82) is 0 Å². The van der Waals surface area contributed by atoms with E-state index < -0.39 is 0 Å². The highest BCUT2D eigenvalue weighted by atomic mass is 16.5. The van der Waals surface area contributed by atoms with Crippen LogP contribution in [0.15, 0.2) is 18.2 Å². The van der Waals surface area contributed by atoms with Crippen molar-refractivity contribution in [2.75, 3.05) is 7.11 Å². The SMILES string of the molecule is COc1ccc(CC(C)(C)C)cc1CC(C)O. The first-order valence-corrected chi connectivity index (χ1v) is 6.15. The Labute approximate surface area is 105 Å². The number of hydrogen-bond acceptors (Lipinski definition) is 2. The second-order valence-electron chi connectivity index (χ2n) is 5.94. The summed E-state index contributed by atoms with van der Waals surface area (Å²) in [7, 11) is 1.67. The maximum Gasteiger partial charge on any atom is 0.122 e. The third-order valence-corrected chi connectivity index (χ3v) is 2.59. The molecule has 0 aliphatic rings. The first-order chi connectivity index (χ1) is 7.81. The van der Waals surface area contributed by atoms with E-state index in [9.17, 15) is 5.11 Å². The molecule has 96 valence electrons. The van der Waals surface area contributed by atoms with Crippen molar-refractivity contribution in [2.24, 2.45) is 5.41 Å². The van der Waals surface area contributed by atoms with Crippen molar-refractivity contribution in [1.82, 2.24) is 0 Å². The fourth-order valence-corrected chi connectivity index (χ4v) is 2.03. The monoisotopic (exact) mass is 236 g/mol. The third kappa shape index (κ3) is 4.78. The van der Waals surface area contributed by atoms with Gasteiger partial charge >= 0.3 is 0 Å². The van der Waals surface area contributed by atoms with Crippen LogP contribution in [0.1, 0.15) is 38.8 Å². The van der Waals surface area contributed by atoms with Gasteiger partial charge in [0.1, 0.15) is 5.75 Å². The standard InChI is InChI=1S/C15H24O2/c1-11(16)8-13-9-12(10-15(2,3)4)6-7-14(13)17-5/h6-7,9,11,16H,8,10H2,1-5H3. The number of benzene rings is 1. The molecule has 0 aromatic heterocycles. The molecule has 0 aliphatic carbocycles. The van der Waals surface area contributed by atoms with Crippen molar-refractivity contribution in [3.8, 4) is 5.75 Å². The molecule has 1 aromatic carbocycles. The van der Waals surface area contributed by atoms with Crippen LogP contribution in [0.2, 0.25) is 0 Å². The lowest BCUT2D eigenvalue weighted by atomic mass is 9.87. The van der Waals surface area contributed by atoms with Gasteiger partial charge in [-0.1, -0.05) is 32.9 Å². The Kier molecular flexibility index (Phi) is 4.58. The van der Waals surface area contributed by atoms with Gasteiger partial charge in [-0.2, -0.15) is 0 Å². The van der Waals surface area contributed by atoms with E-state index in [1.807, 2.05) is 6.07 Å². The van der Waals surface area contributed by atoms with Crippen LogP contribution in [-0.4, -0.2) is 18.3 Å². The molecular formula is C15H24O2. The number of rotatable bonds is 4. The molecule has 0 saturated carbocycles. The van der Waals surface area contributed by atoms with Gasteiger partial charge < -0.3 is 9.84 Å². The Morgan fingerprint density at radius 3 is 2.41 bits per heavy atom. The molecule has 0 heterocycles. The number of ether oxygens (including phenoxy) is 1. The van der Waals surface area contributed by atoms with Gasteiger partial charge in [-0.05, 0) is 36.0 Å². The fourth-order valence-electron chi connectivity index (χ4n) is 2.03. The Hall–Kier alpha value is -1.02. The number of aliphatic hydroxyl groups excluding tert-OH is 1. The summed E-state index contributed by atoms with van der Waals surface area (Å²) in [6.07, 6.45) is 1.33. The molecule has 2 heteroatoms. The highest BCUT2D eigenvalue weighted by molar-refractivity contribution is 5.38. The lowest BCUT2D eigenvalue weighted by Crippen LogP contribution is -2.11. The van der Waals surface area contributed by atoms with Crippen molar-refractivity contribution in [2.45, 2.75) is 46.6 Å². The summed E-state index contributed by atoms with van der Waals surface area (Å²) in [5, 5.41) is 9.49. The Morgan fingerprint density at radius 1 is 1.29 bits per heavy atom. The molecule has 0 fully saturated rings. The molecule has 0 radical (unpaired) electrons. The van der Waals surface area contributed by atoms with Crippen LogP contribution >= 0.6 is 0 Å². The Bertz CT molecular complexity index is 362. The molecule has 1 atom stereocenters. The van der Waals surface area contributed by atoms with Gasteiger partial charge in [-0.25, -0.2) is 0 Å². The summed E-state index contributed by atoms with van der Waals surface area (Å²) < 4.78 is 5.32. The molecule has 1 unspecified atom stereocenters. The van der Waals surface area contributed by atoms with Gasteiger partial charge in [-0.15, -0.1) is 0 Å². The van der Waals surface area contributed by atoms with E-state index in [0.29, 0.717) is 6.42 Å². The van der Waals surface area contributed by atoms with Crippen LogP contribution in [0.5, 0.6) is 5.75 Å². The minimum Gasteiger partial charge on any atom is -0.496 e. The summed E-state index contributed by atoms with van der Waals surface area (Å²) in [4.78, 5) is 0. The van der Waals surface area contributed by atoms with Crippen molar-refractivity contribution >= 4 is 0 Å². The first-order valence-electron chi connectivity index (χ1n) is 6.15. The lowest BCUT2D eigenvalue weighted by Gasteiger charge is -2.19.